The Morgan fingerprint density at radius 2 is 1.85 bits per heavy atom. The van der Waals surface area contributed by atoms with E-state index >= 15 is 0 Å². The molecule has 0 radical (unpaired) electrons. The number of aromatic nitrogens is 1. The number of benzene rings is 3. The van der Waals surface area contributed by atoms with Gasteiger partial charge in [-0.15, -0.1) is 0 Å². The standard InChI is InChI=1S/C20H11ClFIN2O2/c21-16-7-5-13(23)9-15(16)19(26)24-14-6-8-18-17(10-14)25-20(27-18)11-1-3-12(22)4-2-11/h1-10H,(H,24,26). The SMILES string of the molecule is O=C(Nc1ccc2oc(-c3ccc(F)cc3)nc2c1)c1cc(I)ccc1Cl. The summed E-state index contributed by atoms with van der Waals surface area (Å²) < 4.78 is 19.7. The van der Waals surface area contributed by atoms with Gasteiger partial charge in [0.25, 0.3) is 5.91 Å². The van der Waals surface area contributed by atoms with Crippen LogP contribution < -0.4 is 5.32 Å². The average molecular weight is 493 g/mol. The Morgan fingerprint density at radius 1 is 1.07 bits per heavy atom. The Kier molecular flexibility index (Phi) is 4.84. The molecule has 4 nitrogen and oxygen atoms in total. The molecule has 1 N–H and O–H groups in total. The van der Waals surface area contributed by atoms with Crippen molar-refractivity contribution in [2.75, 3.05) is 5.32 Å². The monoisotopic (exact) mass is 492 g/mol. The molecule has 1 aromatic heterocycles. The Labute approximate surface area is 172 Å². The predicted octanol–water partition coefficient (Wildman–Crippen LogP) is 6.14. The van der Waals surface area contributed by atoms with Gasteiger partial charge in [-0.1, -0.05) is 11.6 Å². The molecule has 0 fully saturated rings. The van der Waals surface area contributed by atoms with Gasteiger partial charge in [-0.05, 0) is 83.3 Å². The quantitative estimate of drug-likeness (QED) is 0.349. The van der Waals surface area contributed by atoms with E-state index in [2.05, 4.69) is 32.9 Å². The van der Waals surface area contributed by atoms with Crippen LogP contribution in [0.2, 0.25) is 5.02 Å². The van der Waals surface area contributed by atoms with Gasteiger partial charge in [0.05, 0.1) is 10.6 Å². The van der Waals surface area contributed by atoms with Crippen LogP contribution in [0.1, 0.15) is 10.4 Å². The molecule has 134 valence electrons. The van der Waals surface area contributed by atoms with Gasteiger partial charge in [-0.3, -0.25) is 4.79 Å². The van der Waals surface area contributed by atoms with Crippen molar-refractivity contribution in [3.8, 4) is 11.5 Å². The third-order valence-corrected chi connectivity index (χ3v) is 4.91. The zero-order chi connectivity index (χ0) is 19.0. The summed E-state index contributed by atoms with van der Waals surface area (Å²) in [6.45, 7) is 0. The van der Waals surface area contributed by atoms with Crippen LogP contribution in [0.3, 0.4) is 0 Å². The van der Waals surface area contributed by atoms with Gasteiger partial charge in [0, 0.05) is 14.8 Å². The molecule has 0 bridgehead atoms. The van der Waals surface area contributed by atoms with Crippen molar-refractivity contribution in [1.82, 2.24) is 4.98 Å². The van der Waals surface area contributed by atoms with Crippen molar-refractivity contribution in [3.63, 3.8) is 0 Å². The second-order valence-corrected chi connectivity index (χ2v) is 7.44. The molecular formula is C20H11ClFIN2O2. The average Bonchev–Trinajstić information content (AvgIpc) is 3.07. The number of fused-ring (bicyclic) bond motifs is 1. The van der Waals surface area contributed by atoms with Crippen LogP contribution in [0.25, 0.3) is 22.6 Å². The molecule has 1 heterocycles. The van der Waals surface area contributed by atoms with Gasteiger partial charge >= 0.3 is 0 Å². The van der Waals surface area contributed by atoms with Crippen LogP contribution in [0.15, 0.2) is 65.1 Å². The van der Waals surface area contributed by atoms with Gasteiger partial charge in [-0.2, -0.15) is 0 Å². The first kappa shape index (κ1) is 17.9. The largest absolute Gasteiger partial charge is 0.436 e. The van der Waals surface area contributed by atoms with E-state index in [1.165, 1.54) is 12.1 Å². The summed E-state index contributed by atoms with van der Waals surface area (Å²) in [4.78, 5) is 16.9. The van der Waals surface area contributed by atoms with Crippen molar-refractivity contribution in [3.05, 3.63) is 80.6 Å². The van der Waals surface area contributed by atoms with Gasteiger partial charge < -0.3 is 9.73 Å². The molecule has 0 spiro atoms. The molecule has 3 aromatic carbocycles. The van der Waals surface area contributed by atoms with Crippen molar-refractivity contribution < 1.29 is 13.6 Å². The molecule has 0 unspecified atom stereocenters. The minimum Gasteiger partial charge on any atom is -0.436 e. The van der Waals surface area contributed by atoms with E-state index in [0.29, 0.717) is 38.8 Å². The number of halogens is 3. The van der Waals surface area contributed by atoms with Crippen LogP contribution in [0.5, 0.6) is 0 Å². The van der Waals surface area contributed by atoms with Gasteiger partial charge in [-0.25, -0.2) is 9.37 Å². The highest BCUT2D eigenvalue weighted by atomic mass is 127. The number of nitrogens with zero attached hydrogens (tertiary/aromatic N) is 1. The van der Waals surface area contributed by atoms with Gasteiger partial charge in [0.15, 0.2) is 5.58 Å². The van der Waals surface area contributed by atoms with Crippen molar-refractivity contribution in [2.24, 2.45) is 0 Å². The fourth-order valence-electron chi connectivity index (χ4n) is 2.59. The lowest BCUT2D eigenvalue weighted by Gasteiger charge is -2.07. The maximum atomic E-state index is 13.1. The zero-order valence-corrected chi connectivity index (χ0v) is 16.6. The lowest BCUT2D eigenvalue weighted by atomic mass is 10.2. The highest BCUT2D eigenvalue weighted by molar-refractivity contribution is 14.1. The number of hydrogen-bond acceptors (Lipinski definition) is 3. The predicted molar refractivity (Wildman–Crippen MR) is 112 cm³/mol. The van der Waals surface area contributed by atoms with Crippen LogP contribution in [0.4, 0.5) is 10.1 Å². The topological polar surface area (TPSA) is 55.1 Å². The molecule has 1 amide bonds. The minimum atomic E-state index is -0.325. The fraction of sp³-hybridized carbons (Fsp3) is 0. The summed E-state index contributed by atoms with van der Waals surface area (Å²) in [5.41, 5.74) is 2.79. The second-order valence-electron chi connectivity index (χ2n) is 5.79. The fourth-order valence-corrected chi connectivity index (χ4v) is 3.29. The van der Waals surface area contributed by atoms with E-state index in [1.807, 2.05) is 6.07 Å². The molecule has 0 aliphatic heterocycles. The number of carbonyl (C=O) groups excluding carboxylic acids is 1. The third-order valence-electron chi connectivity index (χ3n) is 3.91. The zero-order valence-electron chi connectivity index (χ0n) is 13.7. The Hall–Kier alpha value is -2.45. The van der Waals surface area contributed by atoms with E-state index in [1.54, 1.807) is 42.5 Å². The van der Waals surface area contributed by atoms with E-state index in [-0.39, 0.29) is 11.7 Å². The van der Waals surface area contributed by atoms with Gasteiger partial charge in [0.2, 0.25) is 5.89 Å². The number of amides is 1. The highest BCUT2D eigenvalue weighted by Gasteiger charge is 2.13. The number of hydrogen-bond donors (Lipinski definition) is 1. The molecular weight excluding hydrogens is 482 g/mol. The smallest absolute Gasteiger partial charge is 0.257 e. The van der Waals surface area contributed by atoms with E-state index in [0.717, 1.165) is 3.57 Å². The van der Waals surface area contributed by atoms with Gasteiger partial charge in [0.1, 0.15) is 11.3 Å². The van der Waals surface area contributed by atoms with Crippen molar-refractivity contribution in [2.45, 2.75) is 0 Å². The highest BCUT2D eigenvalue weighted by Crippen LogP contribution is 2.27. The number of anilines is 1. The normalized spacial score (nSPS) is 10.9. The van der Waals surface area contributed by atoms with E-state index in [4.69, 9.17) is 16.0 Å². The molecule has 0 saturated carbocycles. The molecule has 0 aliphatic rings. The Morgan fingerprint density at radius 3 is 2.63 bits per heavy atom. The first-order valence-corrected chi connectivity index (χ1v) is 9.38. The number of oxazole rings is 1. The lowest BCUT2D eigenvalue weighted by Crippen LogP contribution is -2.12. The second kappa shape index (κ2) is 7.28. The molecule has 4 rings (SSSR count). The lowest BCUT2D eigenvalue weighted by molar-refractivity contribution is 0.102. The molecule has 7 heteroatoms. The molecule has 0 saturated heterocycles. The first-order valence-electron chi connectivity index (χ1n) is 7.92. The van der Waals surface area contributed by atoms with Crippen LogP contribution >= 0.6 is 34.2 Å². The van der Waals surface area contributed by atoms with Crippen LogP contribution in [-0.2, 0) is 0 Å². The molecule has 0 atom stereocenters. The van der Waals surface area contributed by atoms with E-state index < -0.39 is 0 Å². The number of nitrogens with one attached hydrogen (secondary N) is 1. The van der Waals surface area contributed by atoms with E-state index in [9.17, 15) is 9.18 Å². The van der Waals surface area contributed by atoms with Crippen molar-refractivity contribution in [1.29, 1.82) is 0 Å². The third kappa shape index (κ3) is 3.81. The Balaban J connectivity index is 1.62. The summed E-state index contributed by atoms with van der Waals surface area (Å²) >= 11 is 8.24. The van der Waals surface area contributed by atoms with Crippen molar-refractivity contribution >= 4 is 56.9 Å². The minimum absolute atomic E-state index is 0.305. The number of rotatable bonds is 3. The summed E-state index contributed by atoms with van der Waals surface area (Å²) in [5.74, 6) is -0.247. The summed E-state index contributed by atoms with van der Waals surface area (Å²) in [6, 6.07) is 16.3. The summed E-state index contributed by atoms with van der Waals surface area (Å²) in [6.07, 6.45) is 0. The maximum Gasteiger partial charge on any atom is 0.257 e. The molecule has 27 heavy (non-hydrogen) atoms. The summed E-state index contributed by atoms with van der Waals surface area (Å²) in [5, 5.41) is 3.20. The molecule has 4 aromatic rings. The van der Waals surface area contributed by atoms with Crippen LogP contribution in [-0.4, -0.2) is 10.9 Å². The summed E-state index contributed by atoms with van der Waals surface area (Å²) in [7, 11) is 0. The first-order chi connectivity index (χ1) is 13.0. The van der Waals surface area contributed by atoms with Crippen LogP contribution in [0, 0.1) is 9.39 Å². The number of carbonyl (C=O) groups is 1. The Bertz CT molecular complexity index is 1160. The maximum absolute atomic E-state index is 13.1. The molecule has 0 aliphatic carbocycles.